The number of hydrogen-bond acceptors (Lipinski definition) is 2. The van der Waals surface area contributed by atoms with Gasteiger partial charge in [-0.15, -0.1) is 0 Å². The van der Waals surface area contributed by atoms with Gasteiger partial charge in [0.25, 0.3) is 0 Å². The number of benzene rings is 2. The van der Waals surface area contributed by atoms with E-state index < -0.39 is 5.97 Å². The first-order valence-corrected chi connectivity index (χ1v) is 5.79. The van der Waals surface area contributed by atoms with Gasteiger partial charge in [-0.3, -0.25) is 0 Å². The minimum Gasteiger partial charge on any atom is -0.478 e. The summed E-state index contributed by atoms with van der Waals surface area (Å²) < 4.78 is 0. The summed E-state index contributed by atoms with van der Waals surface area (Å²) in [5, 5.41) is 9.50. The Hall–Kier alpha value is -2.00. The molecule has 0 fully saturated rings. The first kappa shape index (κ1) is 12.5. The van der Waals surface area contributed by atoms with Crippen molar-refractivity contribution in [2.75, 3.05) is 11.9 Å². The minimum absolute atomic E-state index is 0.270. The molecule has 0 aliphatic heterocycles. The van der Waals surface area contributed by atoms with Gasteiger partial charge in [-0.05, 0) is 36.4 Å². The Morgan fingerprint density at radius 3 is 2.28 bits per heavy atom. The molecule has 0 spiro atoms. The Labute approximate surface area is 110 Å². The smallest absolute Gasteiger partial charge is 0.335 e. The average molecular weight is 262 g/mol. The van der Waals surface area contributed by atoms with Crippen molar-refractivity contribution in [2.24, 2.45) is 0 Å². The van der Waals surface area contributed by atoms with Crippen molar-refractivity contribution in [1.29, 1.82) is 0 Å². The van der Waals surface area contributed by atoms with Crippen molar-refractivity contribution >= 4 is 28.9 Å². The number of anilines is 2. The van der Waals surface area contributed by atoms with Gasteiger partial charge in [0.15, 0.2) is 0 Å². The molecule has 18 heavy (non-hydrogen) atoms. The van der Waals surface area contributed by atoms with Gasteiger partial charge in [-0.2, -0.15) is 0 Å². The van der Waals surface area contributed by atoms with Crippen molar-refractivity contribution in [3.63, 3.8) is 0 Å². The highest BCUT2D eigenvalue weighted by atomic mass is 35.5. The molecule has 0 aromatic heterocycles. The Kier molecular flexibility index (Phi) is 3.53. The number of nitrogens with zero attached hydrogens (tertiary/aromatic N) is 1. The second-order valence-corrected chi connectivity index (χ2v) is 4.27. The molecule has 0 aliphatic rings. The Bertz CT molecular complexity index is 566. The molecule has 4 heteroatoms. The van der Waals surface area contributed by atoms with Crippen molar-refractivity contribution in [2.45, 2.75) is 0 Å². The summed E-state index contributed by atoms with van der Waals surface area (Å²) >= 11 is 6.11. The summed E-state index contributed by atoms with van der Waals surface area (Å²) in [6.07, 6.45) is 0. The van der Waals surface area contributed by atoms with E-state index in [1.807, 2.05) is 36.2 Å². The molecule has 0 saturated heterocycles. The highest BCUT2D eigenvalue weighted by molar-refractivity contribution is 6.33. The van der Waals surface area contributed by atoms with Crippen LogP contribution in [-0.4, -0.2) is 18.1 Å². The van der Waals surface area contributed by atoms with Crippen LogP contribution < -0.4 is 4.90 Å². The lowest BCUT2D eigenvalue weighted by Crippen LogP contribution is -2.10. The van der Waals surface area contributed by atoms with E-state index in [0.717, 1.165) is 11.4 Å². The predicted octanol–water partition coefficient (Wildman–Crippen LogP) is 3.81. The zero-order valence-corrected chi connectivity index (χ0v) is 10.6. The lowest BCUT2D eigenvalue weighted by atomic mass is 10.2. The van der Waals surface area contributed by atoms with Crippen molar-refractivity contribution < 1.29 is 9.90 Å². The van der Waals surface area contributed by atoms with Crippen molar-refractivity contribution in [3.05, 3.63) is 59.1 Å². The Balaban J connectivity index is 2.32. The van der Waals surface area contributed by atoms with Gasteiger partial charge in [0.05, 0.1) is 16.3 Å². The number of carboxylic acid groups (broad SMARTS) is 1. The third kappa shape index (κ3) is 2.46. The van der Waals surface area contributed by atoms with Gasteiger partial charge >= 0.3 is 5.97 Å². The largest absolute Gasteiger partial charge is 0.478 e. The third-order valence-electron chi connectivity index (χ3n) is 2.72. The molecule has 1 N–H and O–H groups in total. The fraction of sp³-hybridized carbons (Fsp3) is 0.0714. The molecule has 0 heterocycles. The fourth-order valence-corrected chi connectivity index (χ4v) is 1.95. The number of para-hydroxylation sites is 1. The number of carboxylic acids is 1. The number of aromatic carboxylic acids is 1. The lowest BCUT2D eigenvalue weighted by Gasteiger charge is -2.20. The molecule has 0 bridgehead atoms. The van der Waals surface area contributed by atoms with E-state index in [4.69, 9.17) is 16.7 Å². The van der Waals surface area contributed by atoms with E-state index >= 15 is 0 Å². The normalized spacial score (nSPS) is 10.1. The van der Waals surface area contributed by atoms with Gasteiger partial charge in [-0.25, -0.2) is 4.79 Å². The number of halogens is 1. The van der Waals surface area contributed by atoms with Gasteiger partial charge in [0.2, 0.25) is 0 Å². The van der Waals surface area contributed by atoms with Crippen molar-refractivity contribution in [3.8, 4) is 0 Å². The second kappa shape index (κ2) is 5.10. The van der Waals surface area contributed by atoms with E-state index in [9.17, 15) is 4.79 Å². The first-order valence-electron chi connectivity index (χ1n) is 5.41. The average Bonchev–Trinajstić information content (AvgIpc) is 2.38. The SMILES string of the molecule is CN(c1ccc(C(=O)O)cc1)c1ccccc1Cl. The van der Waals surface area contributed by atoms with Crippen LogP contribution in [0.1, 0.15) is 10.4 Å². The maximum absolute atomic E-state index is 10.8. The van der Waals surface area contributed by atoms with Crippen LogP contribution in [0, 0.1) is 0 Å². The van der Waals surface area contributed by atoms with Crippen LogP contribution in [0.25, 0.3) is 0 Å². The van der Waals surface area contributed by atoms with E-state index in [1.54, 1.807) is 24.3 Å². The summed E-state index contributed by atoms with van der Waals surface area (Å²) in [5.41, 5.74) is 2.03. The fourth-order valence-electron chi connectivity index (χ4n) is 1.69. The molecular formula is C14H12ClNO2. The van der Waals surface area contributed by atoms with Crippen LogP contribution in [0.4, 0.5) is 11.4 Å². The third-order valence-corrected chi connectivity index (χ3v) is 3.03. The molecule has 3 nitrogen and oxygen atoms in total. The van der Waals surface area contributed by atoms with E-state index in [1.165, 1.54) is 0 Å². The highest BCUT2D eigenvalue weighted by Gasteiger charge is 2.08. The number of hydrogen-bond donors (Lipinski definition) is 1. The molecule has 2 rings (SSSR count). The van der Waals surface area contributed by atoms with Gasteiger partial charge in [0.1, 0.15) is 0 Å². The van der Waals surface area contributed by atoms with Gasteiger partial charge in [-0.1, -0.05) is 23.7 Å². The van der Waals surface area contributed by atoms with Crippen LogP contribution in [0.2, 0.25) is 5.02 Å². The van der Waals surface area contributed by atoms with Crippen LogP contribution in [0.15, 0.2) is 48.5 Å². The lowest BCUT2D eigenvalue weighted by molar-refractivity contribution is 0.0697. The molecule has 2 aromatic carbocycles. The maximum atomic E-state index is 10.8. The predicted molar refractivity (Wildman–Crippen MR) is 72.9 cm³/mol. The Morgan fingerprint density at radius 1 is 1.11 bits per heavy atom. The quantitative estimate of drug-likeness (QED) is 0.913. The second-order valence-electron chi connectivity index (χ2n) is 3.86. The molecule has 0 radical (unpaired) electrons. The summed E-state index contributed by atoms with van der Waals surface area (Å²) in [7, 11) is 1.89. The maximum Gasteiger partial charge on any atom is 0.335 e. The summed E-state index contributed by atoms with van der Waals surface area (Å²) in [5.74, 6) is -0.929. The molecule has 0 saturated carbocycles. The van der Waals surface area contributed by atoms with E-state index in [0.29, 0.717) is 5.02 Å². The molecular weight excluding hydrogens is 250 g/mol. The number of carbonyl (C=O) groups is 1. The molecule has 0 unspecified atom stereocenters. The summed E-state index contributed by atoms with van der Waals surface area (Å²) in [6.45, 7) is 0. The summed E-state index contributed by atoms with van der Waals surface area (Å²) in [4.78, 5) is 12.7. The monoisotopic (exact) mass is 261 g/mol. The van der Waals surface area contributed by atoms with Crippen molar-refractivity contribution in [1.82, 2.24) is 0 Å². The first-order chi connectivity index (χ1) is 8.59. The van der Waals surface area contributed by atoms with Crippen LogP contribution in [-0.2, 0) is 0 Å². The van der Waals surface area contributed by atoms with E-state index in [-0.39, 0.29) is 5.56 Å². The molecule has 0 amide bonds. The molecule has 92 valence electrons. The topological polar surface area (TPSA) is 40.5 Å². The molecule has 2 aromatic rings. The zero-order chi connectivity index (χ0) is 13.1. The zero-order valence-electron chi connectivity index (χ0n) is 9.80. The van der Waals surface area contributed by atoms with E-state index in [2.05, 4.69) is 0 Å². The Morgan fingerprint density at radius 2 is 1.72 bits per heavy atom. The highest BCUT2D eigenvalue weighted by Crippen LogP contribution is 2.30. The van der Waals surface area contributed by atoms with Crippen LogP contribution >= 0.6 is 11.6 Å². The number of rotatable bonds is 3. The van der Waals surface area contributed by atoms with Crippen LogP contribution in [0.3, 0.4) is 0 Å². The standard InChI is InChI=1S/C14H12ClNO2/c1-16(13-5-3-2-4-12(13)15)11-8-6-10(7-9-11)14(17)18/h2-9H,1H3,(H,17,18). The molecule has 0 atom stereocenters. The minimum atomic E-state index is -0.929. The van der Waals surface area contributed by atoms with Gasteiger partial charge < -0.3 is 10.0 Å². The molecule has 0 aliphatic carbocycles. The summed E-state index contributed by atoms with van der Waals surface area (Å²) in [6, 6.07) is 14.2. The van der Waals surface area contributed by atoms with Crippen LogP contribution in [0.5, 0.6) is 0 Å². The van der Waals surface area contributed by atoms with Gasteiger partial charge in [0, 0.05) is 12.7 Å².